The minimum atomic E-state index is -0.505. The van der Waals surface area contributed by atoms with Gasteiger partial charge in [-0.1, -0.05) is 32.0 Å². The highest BCUT2D eigenvalue weighted by molar-refractivity contribution is 5.41. The van der Waals surface area contributed by atoms with Gasteiger partial charge in [0, 0.05) is 50.4 Å². The summed E-state index contributed by atoms with van der Waals surface area (Å²) < 4.78 is 5.91. The molecule has 1 aliphatic heterocycles. The molecule has 6 heteroatoms. The van der Waals surface area contributed by atoms with Gasteiger partial charge in [-0.25, -0.2) is 9.97 Å². The maximum atomic E-state index is 10.5. The van der Waals surface area contributed by atoms with E-state index in [0.717, 1.165) is 60.4 Å². The zero-order valence-electron chi connectivity index (χ0n) is 18.4. The van der Waals surface area contributed by atoms with E-state index in [9.17, 15) is 5.11 Å². The van der Waals surface area contributed by atoms with E-state index in [-0.39, 0.29) is 0 Å². The summed E-state index contributed by atoms with van der Waals surface area (Å²) in [5, 5.41) is 10.5. The largest absolute Gasteiger partial charge is 0.490 e. The third-order valence-electron chi connectivity index (χ3n) is 5.37. The number of aliphatic hydroxyl groups is 1. The van der Waals surface area contributed by atoms with E-state index < -0.39 is 6.10 Å². The van der Waals surface area contributed by atoms with Gasteiger partial charge in [0.2, 0.25) is 0 Å². The molecule has 0 spiro atoms. The SMILES string of the molecule is Cc1cc(N2CCN(CC(O)COc3c(C)cccc3C)CC2)nc(C(C)C)n1. The van der Waals surface area contributed by atoms with Crippen LogP contribution < -0.4 is 9.64 Å². The van der Waals surface area contributed by atoms with Gasteiger partial charge < -0.3 is 14.7 Å². The Bertz CT molecular complexity index is 796. The van der Waals surface area contributed by atoms with Gasteiger partial charge in [0.15, 0.2) is 0 Å². The van der Waals surface area contributed by atoms with Gasteiger partial charge >= 0.3 is 0 Å². The average molecular weight is 399 g/mol. The van der Waals surface area contributed by atoms with E-state index >= 15 is 0 Å². The van der Waals surface area contributed by atoms with Crippen molar-refractivity contribution < 1.29 is 9.84 Å². The molecular weight excluding hydrogens is 364 g/mol. The summed E-state index contributed by atoms with van der Waals surface area (Å²) >= 11 is 0. The van der Waals surface area contributed by atoms with E-state index in [1.807, 2.05) is 39.0 Å². The van der Waals surface area contributed by atoms with Crippen LogP contribution in [-0.2, 0) is 0 Å². The van der Waals surface area contributed by atoms with Crippen LogP contribution in [0.3, 0.4) is 0 Å². The standard InChI is InChI=1S/C23H34N4O2/c1-16(2)23-24-19(5)13-21(25-23)27-11-9-26(10-12-27)14-20(28)15-29-22-17(3)7-6-8-18(22)4/h6-8,13,16,20,28H,9-12,14-15H2,1-5H3. The fraction of sp³-hybridized carbons (Fsp3) is 0.565. The van der Waals surface area contributed by atoms with Gasteiger partial charge in [-0.15, -0.1) is 0 Å². The number of anilines is 1. The fourth-order valence-corrected chi connectivity index (χ4v) is 3.71. The number of β-amino-alcohol motifs (C(OH)–C–C–N with tert-alkyl or cyclic N) is 1. The van der Waals surface area contributed by atoms with Crippen LogP contribution in [0.2, 0.25) is 0 Å². The van der Waals surface area contributed by atoms with Crippen molar-refractivity contribution >= 4 is 5.82 Å². The van der Waals surface area contributed by atoms with Gasteiger partial charge in [-0.2, -0.15) is 0 Å². The summed E-state index contributed by atoms with van der Waals surface area (Å²) in [7, 11) is 0. The monoisotopic (exact) mass is 398 g/mol. The second-order valence-electron chi connectivity index (χ2n) is 8.35. The highest BCUT2D eigenvalue weighted by atomic mass is 16.5. The molecule has 0 aliphatic carbocycles. The molecule has 2 heterocycles. The Kier molecular flexibility index (Phi) is 7.09. The van der Waals surface area contributed by atoms with Crippen LogP contribution in [0.15, 0.2) is 24.3 Å². The van der Waals surface area contributed by atoms with Gasteiger partial charge in [-0.3, -0.25) is 4.90 Å². The molecule has 29 heavy (non-hydrogen) atoms. The number of piperazine rings is 1. The number of rotatable bonds is 7. The van der Waals surface area contributed by atoms with Crippen molar-refractivity contribution in [2.75, 3.05) is 44.2 Å². The highest BCUT2D eigenvalue weighted by Gasteiger charge is 2.21. The van der Waals surface area contributed by atoms with E-state index in [0.29, 0.717) is 19.1 Å². The molecular formula is C23H34N4O2. The van der Waals surface area contributed by atoms with Gasteiger partial charge in [0.05, 0.1) is 0 Å². The quantitative estimate of drug-likeness (QED) is 0.773. The number of aryl methyl sites for hydroxylation is 3. The Balaban J connectivity index is 1.50. The third kappa shape index (κ3) is 5.67. The molecule has 6 nitrogen and oxygen atoms in total. The topological polar surface area (TPSA) is 61.7 Å². The number of aromatic nitrogens is 2. The average Bonchev–Trinajstić information content (AvgIpc) is 2.67. The summed E-state index contributed by atoms with van der Waals surface area (Å²) in [6.45, 7) is 14.9. The number of hydrogen-bond acceptors (Lipinski definition) is 6. The second kappa shape index (κ2) is 9.55. The first-order valence-electron chi connectivity index (χ1n) is 10.5. The molecule has 1 fully saturated rings. The van der Waals surface area contributed by atoms with Crippen molar-refractivity contribution in [1.29, 1.82) is 0 Å². The van der Waals surface area contributed by atoms with Gasteiger partial charge in [0.25, 0.3) is 0 Å². The number of aliphatic hydroxyl groups excluding tert-OH is 1. The summed E-state index contributed by atoms with van der Waals surface area (Å²) in [4.78, 5) is 13.9. The van der Waals surface area contributed by atoms with Crippen LogP contribution >= 0.6 is 0 Å². The molecule has 0 bridgehead atoms. The number of benzene rings is 1. The molecule has 1 saturated heterocycles. The minimum absolute atomic E-state index is 0.314. The first-order valence-corrected chi connectivity index (χ1v) is 10.5. The second-order valence-corrected chi connectivity index (χ2v) is 8.35. The van der Waals surface area contributed by atoms with Crippen LogP contribution in [0.25, 0.3) is 0 Å². The Morgan fingerprint density at radius 2 is 1.69 bits per heavy atom. The van der Waals surface area contributed by atoms with Crippen LogP contribution in [0.1, 0.15) is 42.4 Å². The van der Waals surface area contributed by atoms with Crippen LogP contribution in [0.4, 0.5) is 5.82 Å². The molecule has 0 amide bonds. The molecule has 1 N–H and O–H groups in total. The molecule has 1 aliphatic rings. The summed E-state index contributed by atoms with van der Waals surface area (Å²) in [6, 6.07) is 8.16. The Hall–Kier alpha value is -2.18. The molecule has 1 aromatic carbocycles. The van der Waals surface area contributed by atoms with Crippen molar-refractivity contribution in [1.82, 2.24) is 14.9 Å². The predicted molar refractivity (Wildman–Crippen MR) is 117 cm³/mol. The van der Waals surface area contributed by atoms with Crippen molar-refractivity contribution in [2.24, 2.45) is 0 Å². The number of ether oxygens (including phenoxy) is 1. The van der Waals surface area contributed by atoms with Gasteiger partial charge in [0.1, 0.15) is 30.1 Å². The van der Waals surface area contributed by atoms with Gasteiger partial charge in [-0.05, 0) is 31.9 Å². The van der Waals surface area contributed by atoms with Crippen LogP contribution in [-0.4, -0.2) is 65.4 Å². The number of hydrogen-bond donors (Lipinski definition) is 1. The Labute approximate surface area is 174 Å². The third-order valence-corrected chi connectivity index (χ3v) is 5.37. The lowest BCUT2D eigenvalue weighted by molar-refractivity contribution is 0.0658. The summed E-state index contributed by atoms with van der Waals surface area (Å²) in [6.07, 6.45) is -0.505. The van der Waals surface area contributed by atoms with Crippen molar-refractivity contribution in [2.45, 2.75) is 46.6 Å². The molecule has 1 aromatic heterocycles. The lowest BCUT2D eigenvalue weighted by atomic mass is 10.1. The van der Waals surface area contributed by atoms with Crippen molar-refractivity contribution in [3.63, 3.8) is 0 Å². The molecule has 2 aromatic rings. The smallest absolute Gasteiger partial charge is 0.133 e. The first-order chi connectivity index (χ1) is 13.8. The summed E-state index contributed by atoms with van der Waals surface area (Å²) in [5.74, 6) is 3.12. The molecule has 1 unspecified atom stereocenters. The predicted octanol–water partition coefficient (Wildman–Crippen LogP) is 3.09. The Morgan fingerprint density at radius 3 is 2.31 bits per heavy atom. The Morgan fingerprint density at radius 1 is 1.03 bits per heavy atom. The van der Waals surface area contributed by atoms with Crippen LogP contribution in [0, 0.1) is 20.8 Å². The normalized spacial score (nSPS) is 16.3. The number of nitrogens with zero attached hydrogens (tertiary/aromatic N) is 4. The lowest BCUT2D eigenvalue weighted by Gasteiger charge is -2.36. The maximum Gasteiger partial charge on any atom is 0.133 e. The van der Waals surface area contributed by atoms with Crippen molar-refractivity contribution in [3.05, 3.63) is 46.9 Å². The minimum Gasteiger partial charge on any atom is -0.490 e. The maximum absolute atomic E-state index is 10.5. The van der Waals surface area contributed by atoms with E-state index in [1.54, 1.807) is 0 Å². The van der Waals surface area contributed by atoms with E-state index in [2.05, 4.69) is 34.7 Å². The highest BCUT2D eigenvalue weighted by Crippen LogP contribution is 2.23. The molecule has 158 valence electrons. The fourth-order valence-electron chi connectivity index (χ4n) is 3.71. The molecule has 0 radical (unpaired) electrons. The van der Waals surface area contributed by atoms with E-state index in [1.165, 1.54) is 0 Å². The lowest BCUT2D eigenvalue weighted by Crippen LogP contribution is -2.49. The zero-order valence-corrected chi connectivity index (χ0v) is 18.4. The van der Waals surface area contributed by atoms with E-state index in [4.69, 9.17) is 9.72 Å². The molecule has 3 rings (SSSR count). The van der Waals surface area contributed by atoms with Crippen LogP contribution in [0.5, 0.6) is 5.75 Å². The zero-order chi connectivity index (χ0) is 21.0. The molecule has 0 saturated carbocycles. The van der Waals surface area contributed by atoms with Crippen molar-refractivity contribution in [3.8, 4) is 5.75 Å². The number of para-hydroxylation sites is 1. The first kappa shape index (κ1) is 21.5. The molecule has 1 atom stereocenters. The summed E-state index contributed by atoms with van der Waals surface area (Å²) in [5.41, 5.74) is 3.22.